The van der Waals surface area contributed by atoms with Gasteiger partial charge in [-0.2, -0.15) is 0 Å². The van der Waals surface area contributed by atoms with Crippen molar-refractivity contribution in [3.05, 3.63) is 41.5 Å². The Hall–Kier alpha value is -1.32. The normalized spacial score (nSPS) is 17.1. The lowest BCUT2D eigenvalue weighted by atomic mass is 10.0. The van der Waals surface area contributed by atoms with Gasteiger partial charge in [-0.25, -0.2) is 0 Å². The minimum Gasteiger partial charge on any atom is -0.496 e. The molecule has 0 fully saturated rings. The minimum atomic E-state index is 0.222. The van der Waals surface area contributed by atoms with Gasteiger partial charge < -0.3 is 15.8 Å². The first-order valence-corrected chi connectivity index (χ1v) is 6.50. The Labute approximate surface area is 109 Å². The van der Waals surface area contributed by atoms with Gasteiger partial charge in [0.1, 0.15) is 5.75 Å². The average Bonchev–Trinajstić information content (AvgIpc) is 2.88. The zero-order chi connectivity index (χ0) is 13.0. The van der Waals surface area contributed by atoms with Gasteiger partial charge in [-0.05, 0) is 37.0 Å². The first-order valence-electron chi connectivity index (χ1n) is 6.50. The topological polar surface area (TPSA) is 47.3 Å². The summed E-state index contributed by atoms with van der Waals surface area (Å²) in [5.41, 5.74) is 8.28. The van der Waals surface area contributed by atoms with Crippen molar-refractivity contribution in [3.63, 3.8) is 0 Å². The highest BCUT2D eigenvalue weighted by molar-refractivity contribution is 5.37. The highest BCUT2D eigenvalue weighted by Crippen LogP contribution is 2.23. The molecule has 1 atom stereocenters. The number of nitrogens with one attached hydrogen (secondary N) is 1. The van der Waals surface area contributed by atoms with Crippen LogP contribution in [-0.2, 0) is 0 Å². The molecule has 0 saturated carbocycles. The number of hydrogen-bond donors (Lipinski definition) is 2. The Morgan fingerprint density at radius 2 is 2.11 bits per heavy atom. The van der Waals surface area contributed by atoms with Crippen molar-refractivity contribution in [2.75, 3.05) is 13.7 Å². The maximum Gasteiger partial charge on any atom is 0.121 e. The van der Waals surface area contributed by atoms with Gasteiger partial charge in [0, 0.05) is 18.6 Å². The van der Waals surface area contributed by atoms with Gasteiger partial charge in [0.2, 0.25) is 0 Å². The number of aryl methyl sites for hydroxylation is 1. The fraction of sp³-hybridized carbons (Fsp3) is 0.467. The van der Waals surface area contributed by atoms with Crippen LogP contribution in [0.3, 0.4) is 0 Å². The van der Waals surface area contributed by atoms with E-state index < -0.39 is 0 Å². The van der Waals surface area contributed by atoms with E-state index >= 15 is 0 Å². The van der Waals surface area contributed by atoms with Crippen LogP contribution in [-0.4, -0.2) is 19.7 Å². The second-order valence-corrected chi connectivity index (χ2v) is 4.82. The van der Waals surface area contributed by atoms with Crippen LogP contribution in [0.1, 0.15) is 30.0 Å². The summed E-state index contributed by atoms with van der Waals surface area (Å²) >= 11 is 0. The zero-order valence-electron chi connectivity index (χ0n) is 11.1. The molecule has 0 amide bonds. The van der Waals surface area contributed by atoms with E-state index in [1.54, 1.807) is 7.11 Å². The lowest BCUT2D eigenvalue weighted by Crippen LogP contribution is -2.35. The molecule has 0 aromatic heterocycles. The molecule has 1 aromatic rings. The van der Waals surface area contributed by atoms with E-state index in [0.717, 1.165) is 24.2 Å². The minimum absolute atomic E-state index is 0.222. The number of methoxy groups -OCH3 is 1. The highest BCUT2D eigenvalue weighted by Gasteiger charge is 2.17. The Bertz CT molecular complexity index is 421. The molecule has 3 N–H and O–H groups in total. The molecule has 3 heteroatoms. The predicted molar refractivity (Wildman–Crippen MR) is 74.8 cm³/mol. The molecular weight excluding hydrogens is 224 g/mol. The van der Waals surface area contributed by atoms with Gasteiger partial charge in [0.15, 0.2) is 0 Å². The molecular formula is C15H22N2O. The second kappa shape index (κ2) is 6.03. The van der Waals surface area contributed by atoms with Gasteiger partial charge in [-0.15, -0.1) is 0 Å². The van der Waals surface area contributed by atoms with Gasteiger partial charge in [0.25, 0.3) is 0 Å². The van der Waals surface area contributed by atoms with Crippen molar-refractivity contribution < 1.29 is 4.74 Å². The maximum absolute atomic E-state index is 5.89. The molecule has 1 aliphatic carbocycles. The first kappa shape index (κ1) is 13.1. The standard InChI is InChI=1S/C15H22N2O/c1-11-9-12(7-8-15(11)18-2)14(10-16)17-13-5-3-4-6-13/h3-4,7-9,13-14,17H,5-6,10,16H2,1-2H3. The Balaban J connectivity index is 2.09. The molecule has 1 aliphatic rings. The third kappa shape index (κ3) is 2.92. The summed E-state index contributed by atoms with van der Waals surface area (Å²) in [5, 5.41) is 3.62. The van der Waals surface area contributed by atoms with Gasteiger partial charge in [0.05, 0.1) is 7.11 Å². The maximum atomic E-state index is 5.89. The Morgan fingerprint density at radius 3 is 2.67 bits per heavy atom. The number of benzene rings is 1. The first-order chi connectivity index (χ1) is 8.74. The molecule has 0 saturated heterocycles. The van der Waals surface area contributed by atoms with Crippen molar-refractivity contribution in [2.45, 2.75) is 31.8 Å². The molecule has 18 heavy (non-hydrogen) atoms. The van der Waals surface area contributed by atoms with Crippen LogP contribution in [0.15, 0.2) is 30.4 Å². The molecule has 3 nitrogen and oxygen atoms in total. The third-order valence-corrected chi connectivity index (χ3v) is 3.50. The van der Waals surface area contributed by atoms with Gasteiger partial charge in [-0.1, -0.05) is 24.3 Å². The Morgan fingerprint density at radius 1 is 1.39 bits per heavy atom. The van der Waals surface area contributed by atoms with E-state index in [-0.39, 0.29) is 6.04 Å². The number of rotatable bonds is 5. The number of hydrogen-bond acceptors (Lipinski definition) is 3. The summed E-state index contributed by atoms with van der Waals surface area (Å²) in [4.78, 5) is 0. The molecule has 2 rings (SSSR count). The van der Waals surface area contributed by atoms with Crippen LogP contribution < -0.4 is 15.8 Å². The monoisotopic (exact) mass is 246 g/mol. The predicted octanol–water partition coefficient (Wildman–Crippen LogP) is 2.31. The summed E-state index contributed by atoms with van der Waals surface area (Å²) in [5.74, 6) is 0.928. The van der Waals surface area contributed by atoms with Crippen LogP contribution in [0.4, 0.5) is 0 Å². The van der Waals surface area contributed by atoms with E-state index in [1.165, 1.54) is 5.56 Å². The van der Waals surface area contributed by atoms with Crippen LogP contribution in [0.2, 0.25) is 0 Å². The Kier molecular flexibility index (Phi) is 4.39. The molecule has 98 valence electrons. The molecule has 0 radical (unpaired) electrons. The zero-order valence-corrected chi connectivity index (χ0v) is 11.1. The SMILES string of the molecule is COc1ccc(C(CN)NC2CC=CC2)cc1C. The van der Waals surface area contributed by atoms with Crippen molar-refractivity contribution in [1.82, 2.24) is 5.32 Å². The van der Waals surface area contributed by atoms with Crippen LogP contribution in [0, 0.1) is 6.92 Å². The lowest BCUT2D eigenvalue weighted by molar-refractivity contribution is 0.410. The number of ether oxygens (including phenoxy) is 1. The fourth-order valence-electron chi connectivity index (χ4n) is 2.46. The molecule has 1 aromatic carbocycles. The van der Waals surface area contributed by atoms with Crippen LogP contribution in [0.25, 0.3) is 0 Å². The summed E-state index contributed by atoms with van der Waals surface area (Å²) in [6.45, 7) is 2.68. The largest absolute Gasteiger partial charge is 0.496 e. The molecule has 1 unspecified atom stereocenters. The summed E-state index contributed by atoms with van der Waals surface area (Å²) in [6.07, 6.45) is 6.66. The van der Waals surface area contributed by atoms with Crippen molar-refractivity contribution in [3.8, 4) is 5.75 Å². The summed E-state index contributed by atoms with van der Waals surface area (Å²) in [6, 6.07) is 7.02. The average molecular weight is 246 g/mol. The summed E-state index contributed by atoms with van der Waals surface area (Å²) in [7, 11) is 1.70. The van der Waals surface area contributed by atoms with Crippen LogP contribution in [0.5, 0.6) is 5.75 Å². The quantitative estimate of drug-likeness (QED) is 0.784. The molecule has 0 spiro atoms. The van der Waals surface area contributed by atoms with E-state index in [9.17, 15) is 0 Å². The van der Waals surface area contributed by atoms with Gasteiger partial charge in [-0.3, -0.25) is 0 Å². The fourth-order valence-corrected chi connectivity index (χ4v) is 2.46. The van der Waals surface area contributed by atoms with E-state index in [2.05, 4.69) is 36.5 Å². The smallest absolute Gasteiger partial charge is 0.121 e. The molecule has 0 heterocycles. The van der Waals surface area contributed by atoms with Crippen molar-refractivity contribution in [2.24, 2.45) is 5.73 Å². The highest BCUT2D eigenvalue weighted by atomic mass is 16.5. The molecule has 0 bridgehead atoms. The van der Waals surface area contributed by atoms with E-state index in [4.69, 9.17) is 10.5 Å². The van der Waals surface area contributed by atoms with E-state index in [0.29, 0.717) is 12.6 Å². The summed E-state index contributed by atoms with van der Waals surface area (Å²) < 4.78 is 5.29. The van der Waals surface area contributed by atoms with Crippen molar-refractivity contribution in [1.29, 1.82) is 0 Å². The lowest BCUT2D eigenvalue weighted by Gasteiger charge is -2.22. The van der Waals surface area contributed by atoms with Crippen LogP contribution >= 0.6 is 0 Å². The van der Waals surface area contributed by atoms with Gasteiger partial charge >= 0.3 is 0 Å². The molecule has 0 aliphatic heterocycles. The second-order valence-electron chi connectivity index (χ2n) is 4.82. The third-order valence-electron chi connectivity index (χ3n) is 3.50. The van der Waals surface area contributed by atoms with Crippen molar-refractivity contribution >= 4 is 0 Å². The van der Waals surface area contributed by atoms with E-state index in [1.807, 2.05) is 6.07 Å². The number of nitrogens with two attached hydrogens (primary N) is 1.